The zero-order chi connectivity index (χ0) is 20.4. The van der Waals surface area contributed by atoms with Gasteiger partial charge >= 0.3 is 0 Å². The largest absolute Gasteiger partial charge is 0.378 e. The standard InChI is InChI=1S/C24H27N3O2/c1-4-5-10-27-16-22(21-15-17(2)25-23(21)24(27)28)20-8-6-19(7-9-20)18(3)26-11-13-29-14-12-26/h4-9,15-16,25H,3,10-14H2,1-2H3/b5-4+. The van der Waals surface area contributed by atoms with Crippen molar-refractivity contribution >= 4 is 16.6 Å². The van der Waals surface area contributed by atoms with Crippen LogP contribution in [0.25, 0.3) is 27.7 Å². The summed E-state index contributed by atoms with van der Waals surface area (Å²) < 4.78 is 7.19. The fourth-order valence-electron chi connectivity index (χ4n) is 3.84. The van der Waals surface area contributed by atoms with E-state index in [1.807, 2.05) is 38.3 Å². The van der Waals surface area contributed by atoms with Gasteiger partial charge in [-0.3, -0.25) is 4.79 Å². The first-order chi connectivity index (χ1) is 14.1. The molecule has 3 heterocycles. The number of aromatic nitrogens is 2. The van der Waals surface area contributed by atoms with Gasteiger partial charge in [-0.25, -0.2) is 0 Å². The van der Waals surface area contributed by atoms with E-state index >= 15 is 0 Å². The lowest BCUT2D eigenvalue weighted by molar-refractivity contribution is 0.0641. The SMILES string of the molecule is C=C(c1ccc(-c2cn(C/C=C/C)c(=O)c3[nH]c(C)cc23)cc1)N1CCOCC1. The number of allylic oxidation sites excluding steroid dienone is 2. The summed E-state index contributed by atoms with van der Waals surface area (Å²) in [5.41, 5.74) is 5.93. The van der Waals surface area contributed by atoms with Gasteiger partial charge < -0.3 is 19.2 Å². The number of rotatable bonds is 5. The molecule has 1 aromatic carbocycles. The average molecular weight is 389 g/mol. The molecule has 29 heavy (non-hydrogen) atoms. The fraction of sp³-hybridized carbons (Fsp3) is 0.292. The highest BCUT2D eigenvalue weighted by Crippen LogP contribution is 2.29. The number of hydrogen-bond acceptors (Lipinski definition) is 3. The molecule has 0 atom stereocenters. The Balaban J connectivity index is 1.73. The van der Waals surface area contributed by atoms with E-state index in [1.165, 1.54) is 0 Å². The number of hydrogen-bond donors (Lipinski definition) is 1. The number of H-pyrrole nitrogens is 1. The molecule has 2 aromatic heterocycles. The number of morpholine rings is 1. The van der Waals surface area contributed by atoms with Crippen molar-refractivity contribution in [2.45, 2.75) is 20.4 Å². The Kier molecular flexibility index (Phi) is 5.41. The zero-order valence-electron chi connectivity index (χ0n) is 17.1. The molecule has 0 amide bonds. The predicted octanol–water partition coefficient (Wildman–Crippen LogP) is 4.18. The Hall–Kier alpha value is -3.05. The van der Waals surface area contributed by atoms with Crippen LogP contribution in [0.1, 0.15) is 18.2 Å². The Morgan fingerprint density at radius 2 is 1.97 bits per heavy atom. The molecule has 1 fully saturated rings. The Labute approximate surface area is 170 Å². The van der Waals surface area contributed by atoms with Crippen LogP contribution in [0.15, 0.2) is 60.1 Å². The zero-order valence-corrected chi connectivity index (χ0v) is 17.1. The lowest BCUT2D eigenvalue weighted by atomic mass is 10.0. The number of pyridine rings is 1. The van der Waals surface area contributed by atoms with Crippen molar-refractivity contribution in [3.8, 4) is 11.1 Å². The quantitative estimate of drug-likeness (QED) is 0.666. The Bertz CT molecular complexity index is 1110. The highest BCUT2D eigenvalue weighted by Gasteiger charge is 2.15. The van der Waals surface area contributed by atoms with Crippen LogP contribution in [0, 0.1) is 6.92 Å². The van der Waals surface area contributed by atoms with E-state index < -0.39 is 0 Å². The number of aryl methyl sites for hydroxylation is 1. The van der Waals surface area contributed by atoms with Gasteiger partial charge in [-0.15, -0.1) is 0 Å². The molecular weight excluding hydrogens is 362 g/mol. The van der Waals surface area contributed by atoms with Gasteiger partial charge in [0.15, 0.2) is 0 Å². The van der Waals surface area contributed by atoms with E-state index in [1.54, 1.807) is 4.57 Å². The molecule has 1 N–H and O–H groups in total. The summed E-state index contributed by atoms with van der Waals surface area (Å²) in [6.45, 7) is 12.0. The third-order valence-corrected chi connectivity index (χ3v) is 5.46. The monoisotopic (exact) mass is 389 g/mol. The summed E-state index contributed by atoms with van der Waals surface area (Å²) in [5.74, 6) is 0. The van der Waals surface area contributed by atoms with E-state index in [9.17, 15) is 4.79 Å². The first-order valence-electron chi connectivity index (χ1n) is 10.0. The minimum absolute atomic E-state index is 0.00673. The summed E-state index contributed by atoms with van der Waals surface area (Å²) in [5, 5.41) is 0.962. The maximum atomic E-state index is 12.8. The highest BCUT2D eigenvalue weighted by atomic mass is 16.5. The molecule has 0 spiro atoms. The maximum Gasteiger partial charge on any atom is 0.275 e. The van der Waals surface area contributed by atoms with Gasteiger partial charge in [-0.2, -0.15) is 0 Å². The fourth-order valence-corrected chi connectivity index (χ4v) is 3.84. The second-order valence-electron chi connectivity index (χ2n) is 7.43. The van der Waals surface area contributed by atoms with Crippen LogP contribution in [0.5, 0.6) is 0 Å². The van der Waals surface area contributed by atoms with Crippen LogP contribution in [-0.4, -0.2) is 40.8 Å². The summed E-state index contributed by atoms with van der Waals surface area (Å²) in [6.07, 6.45) is 5.91. The van der Waals surface area contributed by atoms with Crippen LogP contribution < -0.4 is 5.56 Å². The van der Waals surface area contributed by atoms with Gasteiger partial charge in [0.25, 0.3) is 5.56 Å². The summed E-state index contributed by atoms with van der Waals surface area (Å²) in [7, 11) is 0. The van der Waals surface area contributed by atoms with E-state index in [0.29, 0.717) is 12.1 Å². The minimum Gasteiger partial charge on any atom is -0.378 e. The minimum atomic E-state index is 0.00673. The number of nitrogens with one attached hydrogen (secondary N) is 1. The van der Waals surface area contributed by atoms with Crippen LogP contribution >= 0.6 is 0 Å². The lowest BCUT2D eigenvalue weighted by Gasteiger charge is -2.30. The molecule has 0 radical (unpaired) electrons. The molecular formula is C24H27N3O2. The molecule has 5 nitrogen and oxygen atoms in total. The molecule has 1 saturated heterocycles. The Morgan fingerprint density at radius 1 is 1.24 bits per heavy atom. The normalized spacial score (nSPS) is 14.8. The Morgan fingerprint density at radius 3 is 2.66 bits per heavy atom. The number of fused-ring (bicyclic) bond motifs is 1. The smallest absolute Gasteiger partial charge is 0.275 e. The van der Waals surface area contributed by atoms with Gasteiger partial charge in [0.1, 0.15) is 5.52 Å². The van der Waals surface area contributed by atoms with E-state index in [2.05, 4.69) is 40.7 Å². The molecule has 5 heteroatoms. The van der Waals surface area contributed by atoms with Crippen LogP contribution in [0.4, 0.5) is 0 Å². The van der Waals surface area contributed by atoms with Gasteiger partial charge in [0.05, 0.1) is 13.2 Å². The molecule has 3 aromatic rings. The topological polar surface area (TPSA) is 50.3 Å². The maximum absolute atomic E-state index is 12.8. The van der Waals surface area contributed by atoms with Gasteiger partial charge in [-0.05, 0) is 31.0 Å². The molecule has 0 unspecified atom stereocenters. The molecule has 0 saturated carbocycles. The van der Waals surface area contributed by atoms with Crippen molar-refractivity contribution < 1.29 is 4.74 Å². The van der Waals surface area contributed by atoms with Crippen molar-refractivity contribution in [1.82, 2.24) is 14.5 Å². The van der Waals surface area contributed by atoms with Crippen molar-refractivity contribution in [2.24, 2.45) is 0 Å². The van der Waals surface area contributed by atoms with Crippen LogP contribution in [0.2, 0.25) is 0 Å². The van der Waals surface area contributed by atoms with Crippen molar-refractivity contribution in [3.63, 3.8) is 0 Å². The molecule has 0 bridgehead atoms. The molecule has 0 aliphatic carbocycles. The highest BCUT2D eigenvalue weighted by molar-refractivity contribution is 5.95. The second kappa shape index (κ2) is 8.13. The third-order valence-electron chi connectivity index (χ3n) is 5.46. The number of aromatic amines is 1. The average Bonchev–Trinajstić information content (AvgIpc) is 3.15. The predicted molar refractivity (Wildman–Crippen MR) is 119 cm³/mol. The molecule has 1 aliphatic heterocycles. The molecule has 4 rings (SSSR count). The van der Waals surface area contributed by atoms with Crippen molar-refractivity contribution in [1.29, 1.82) is 0 Å². The third kappa shape index (κ3) is 3.78. The van der Waals surface area contributed by atoms with Gasteiger partial charge in [0, 0.05) is 48.2 Å². The molecule has 150 valence electrons. The summed E-state index contributed by atoms with van der Waals surface area (Å²) >= 11 is 0. The van der Waals surface area contributed by atoms with Crippen molar-refractivity contribution in [3.05, 3.63) is 76.9 Å². The first-order valence-corrected chi connectivity index (χ1v) is 10.0. The van der Waals surface area contributed by atoms with E-state index in [0.717, 1.165) is 59.8 Å². The number of ether oxygens (including phenoxy) is 1. The summed E-state index contributed by atoms with van der Waals surface area (Å²) in [6, 6.07) is 10.5. The molecule has 1 aliphatic rings. The summed E-state index contributed by atoms with van der Waals surface area (Å²) in [4.78, 5) is 18.3. The van der Waals surface area contributed by atoms with Gasteiger partial charge in [0.2, 0.25) is 0 Å². The van der Waals surface area contributed by atoms with Crippen LogP contribution in [0.3, 0.4) is 0 Å². The first kappa shape index (κ1) is 19.3. The lowest BCUT2D eigenvalue weighted by Crippen LogP contribution is -2.34. The van der Waals surface area contributed by atoms with E-state index in [-0.39, 0.29) is 5.56 Å². The van der Waals surface area contributed by atoms with Crippen molar-refractivity contribution in [2.75, 3.05) is 26.3 Å². The van der Waals surface area contributed by atoms with Gasteiger partial charge in [-0.1, -0.05) is 43.0 Å². The second-order valence-corrected chi connectivity index (χ2v) is 7.43. The van der Waals surface area contributed by atoms with E-state index in [4.69, 9.17) is 4.74 Å². The number of benzene rings is 1. The van der Waals surface area contributed by atoms with Crippen LogP contribution in [-0.2, 0) is 11.3 Å². The number of nitrogens with zero attached hydrogens (tertiary/aromatic N) is 2.